The molecule has 3 N–H and O–H groups in total. The summed E-state index contributed by atoms with van der Waals surface area (Å²) in [7, 11) is 0. The fourth-order valence-electron chi connectivity index (χ4n) is 0.838. The Morgan fingerprint density at radius 3 is 3.15 bits per heavy atom. The molecule has 4 nitrogen and oxygen atoms in total. The number of thiazole rings is 1. The third kappa shape index (κ3) is 3.52. The number of rotatable bonds is 4. The molecular formula is C8H13N3OS. The topological polar surface area (TPSA) is 68.0 Å². The second-order valence-electron chi connectivity index (χ2n) is 2.76. The van der Waals surface area contributed by atoms with Gasteiger partial charge < -0.3 is 11.1 Å². The number of hydrogen-bond acceptors (Lipinski definition) is 4. The van der Waals surface area contributed by atoms with Crippen LogP contribution < -0.4 is 11.1 Å². The minimum Gasteiger partial charge on any atom is -0.327 e. The highest BCUT2D eigenvalue weighted by atomic mass is 32.1. The predicted octanol–water partition coefficient (Wildman–Crippen LogP) is 1.21. The van der Waals surface area contributed by atoms with Crippen molar-refractivity contribution in [1.82, 2.24) is 4.98 Å². The number of amides is 1. The number of aromatic nitrogens is 1. The first-order valence-electron chi connectivity index (χ1n) is 4.17. The Balaban J connectivity index is 2.34. The molecule has 0 aliphatic heterocycles. The molecule has 1 aromatic rings. The average molecular weight is 199 g/mol. The Bertz CT molecular complexity index is 260. The molecule has 0 unspecified atom stereocenters. The molecule has 1 aromatic heterocycles. The van der Waals surface area contributed by atoms with E-state index < -0.39 is 0 Å². The Morgan fingerprint density at radius 2 is 2.62 bits per heavy atom. The first-order chi connectivity index (χ1) is 6.22. The fourth-order valence-corrected chi connectivity index (χ4v) is 1.38. The van der Waals surface area contributed by atoms with E-state index in [0.717, 1.165) is 6.42 Å². The molecule has 0 radical (unpaired) electrons. The van der Waals surface area contributed by atoms with E-state index in [2.05, 4.69) is 10.3 Å². The van der Waals surface area contributed by atoms with E-state index in [4.69, 9.17) is 5.73 Å². The molecule has 0 aromatic carbocycles. The Kier molecular flexibility index (Phi) is 3.85. The molecule has 5 heteroatoms. The summed E-state index contributed by atoms with van der Waals surface area (Å²) in [6.07, 6.45) is 2.82. The molecule has 1 amide bonds. The van der Waals surface area contributed by atoms with E-state index >= 15 is 0 Å². The normalized spacial score (nSPS) is 12.5. The van der Waals surface area contributed by atoms with Crippen LogP contribution in [0.1, 0.15) is 19.8 Å². The minimum atomic E-state index is -0.0655. The second-order valence-corrected chi connectivity index (χ2v) is 3.65. The van der Waals surface area contributed by atoms with Gasteiger partial charge >= 0.3 is 0 Å². The van der Waals surface area contributed by atoms with Crippen LogP contribution in [0.3, 0.4) is 0 Å². The van der Waals surface area contributed by atoms with Crippen molar-refractivity contribution in [2.45, 2.75) is 25.8 Å². The molecule has 72 valence electrons. The first kappa shape index (κ1) is 10.1. The number of nitrogens with two attached hydrogens (primary N) is 1. The summed E-state index contributed by atoms with van der Waals surface area (Å²) < 4.78 is 0. The molecule has 1 rings (SSSR count). The highest BCUT2D eigenvalue weighted by Crippen LogP contribution is 2.10. The van der Waals surface area contributed by atoms with Crippen molar-refractivity contribution in [2.75, 3.05) is 5.32 Å². The highest BCUT2D eigenvalue weighted by molar-refractivity contribution is 7.13. The molecule has 0 saturated carbocycles. The zero-order valence-electron chi connectivity index (χ0n) is 7.49. The van der Waals surface area contributed by atoms with Crippen molar-refractivity contribution in [2.24, 2.45) is 5.73 Å². The zero-order valence-corrected chi connectivity index (χ0v) is 8.30. The Labute approximate surface area is 81.2 Å². The van der Waals surface area contributed by atoms with Gasteiger partial charge in [0.15, 0.2) is 5.13 Å². The summed E-state index contributed by atoms with van der Waals surface area (Å²) >= 11 is 1.40. The van der Waals surface area contributed by atoms with Gasteiger partial charge in [-0.2, -0.15) is 0 Å². The van der Waals surface area contributed by atoms with Crippen molar-refractivity contribution in [3.63, 3.8) is 0 Å². The van der Waals surface area contributed by atoms with Crippen LogP contribution in [-0.4, -0.2) is 16.9 Å². The van der Waals surface area contributed by atoms with E-state index in [-0.39, 0.29) is 11.9 Å². The van der Waals surface area contributed by atoms with E-state index in [9.17, 15) is 4.79 Å². The zero-order chi connectivity index (χ0) is 9.68. The fraction of sp³-hybridized carbons (Fsp3) is 0.500. The van der Waals surface area contributed by atoms with Crippen LogP contribution in [0.5, 0.6) is 0 Å². The lowest BCUT2D eigenvalue weighted by Crippen LogP contribution is -2.26. The number of hydrogen-bond donors (Lipinski definition) is 2. The Hall–Kier alpha value is -0.940. The minimum absolute atomic E-state index is 0.0556. The summed E-state index contributed by atoms with van der Waals surface area (Å²) in [5.41, 5.74) is 5.62. The molecule has 0 fully saturated rings. The summed E-state index contributed by atoms with van der Waals surface area (Å²) in [5.74, 6) is -0.0655. The molecule has 0 bridgehead atoms. The van der Waals surface area contributed by atoms with Crippen molar-refractivity contribution < 1.29 is 4.79 Å². The van der Waals surface area contributed by atoms with E-state index in [1.807, 2.05) is 12.3 Å². The number of nitrogens with zero attached hydrogens (tertiary/aromatic N) is 1. The van der Waals surface area contributed by atoms with Crippen molar-refractivity contribution >= 4 is 22.4 Å². The van der Waals surface area contributed by atoms with E-state index in [0.29, 0.717) is 11.6 Å². The Morgan fingerprint density at radius 1 is 1.85 bits per heavy atom. The van der Waals surface area contributed by atoms with Gasteiger partial charge in [0, 0.05) is 24.0 Å². The predicted molar refractivity (Wildman–Crippen MR) is 53.6 cm³/mol. The monoisotopic (exact) mass is 199 g/mol. The van der Waals surface area contributed by atoms with Gasteiger partial charge in [0.05, 0.1) is 0 Å². The van der Waals surface area contributed by atoms with Crippen LogP contribution in [-0.2, 0) is 4.79 Å². The highest BCUT2D eigenvalue weighted by Gasteiger charge is 2.08. The van der Waals surface area contributed by atoms with Crippen molar-refractivity contribution in [3.8, 4) is 0 Å². The van der Waals surface area contributed by atoms with Gasteiger partial charge in [-0.15, -0.1) is 11.3 Å². The lowest BCUT2D eigenvalue weighted by Gasteiger charge is -2.06. The van der Waals surface area contributed by atoms with Gasteiger partial charge in [-0.05, 0) is 6.42 Å². The molecular weight excluding hydrogens is 186 g/mol. The summed E-state index contributed by atoms with van der Waals surface area (Å²) in [6, 6.07) is -0.0556. The van der Waals surface area contributed by atoms with Gasteiger partial charge in [-0.1, -0.05) is 6.92 Å². The lowest BCUT2D eigenvalue weighted by molar-refractivity contribution is -0.116. The quantitative estimate of drug-likeness (QED) is 0.765. The number of nitrogens with one attached hydrogen (secondary N) is 1. The van der Waals surface area contributed by atoms with Crippen LogP contribution in [0.25, 0.3) is 0 Å². The van der Waals surface area contributed by atoms with E-state index in [1.165, 1.54) is 11.3 Å². The van der Waals surface area contributed by atoms with Crippen molar-refractivity contribution in [1.29, 1.82) is 0 Å². The smallest absolute Gasteiger partial charge is 0.227 e. The number of anilines is 1. The molecule has 1 atom stereocenters. The van der Waals surface area contributed by atoms with Crippen LogP contribution in [0.2, 0.25) is 0 Å². The van der Waals surface area contributed by atoms with Crippen LogP contribution in [0, 0.1) is 0 Å². The molecule has 0 aliphatic rings. The lowest BCUT2D eigenvalue weighted by atomic mass is 10.2. The molecule has 13 heavy (non-hydrogen) atoms. The summed E-state index contributed by atoms with van der Waals surface area (Å²) in [4.78, 5) is 15.2. The second kappa shape index (κ2) is 4.94. The SMILES string of the molecule is CC[C@@H](N)CC(=O)Nc1nccs1. The first-order valence-corrected chi connectivity index (χ1v) is 5.05. The maximum atomic E-state index is 11.3. The average Bonchev–Trinajstić information content (AvgIpc) is 2.56. The molecule has 0 spiro atoms. The van der Waals surface area contributed by atoms with Gasteiger partial charge in [-0.3, -0.25) is 4.79 Å². The molecule has 0 aliphatic carbocycles. The van der Waals surface area contributed by atoms with Crippen molar-refractivity contribution in [3.05, 3.63) is 11.6 Å². The van der Waals surface area contributed by atoms with Gasteiger partial charge in [0.1, 0.15) is 0 Å². The standard InChI is InChI=1S/C8H13N3OS/c1-2-6(9)5-7(12)11-8-10-3-4-13-8/h3-4,6H,2,5,9H2,1H3,(H,10,11,12)/t6-/m1/s1. The van der Waals surface area contributed by atoms with Gasteiger partial charge in [0.2, 0.25) is 5.91 Å². The maximum absolute atomic E-state index is 11.3. The van der Waals surface area contributed by atoms with Crippen LogP contribution >= 0.6 is 11.3 Å². The van der Waals surface area contributed by atoms with Crippen LogP contribution in [0.4, 0.5) is 5.13 Å². The van der Waals surface area contributed by atoms with Gasteiger partial charge in [-0.25, -0.2) is 4.98 Å². The maximum Gasteiger partial charge on any atom is 0.227 e. The largest absolute Gasteiger partial charge is 0.327 e. The number of carbonyl (C=O) groups excluding carboxylic acids is 1. The third-order valence-corrected chi connectivity index (χ3v) is 2.34. The number of carbonyl (C=O) groups is 1. The van der Waals surface area contributed by atoms with E-state index in [1.54, 1.807) is 6.20 Å². The summed E-state index contributed by atoms with van der Waals surface area (Å²) in [5, 5.41) is 5.12. The molecule has 1 heterocycles. The summed E-state index contributed by atoms with van der Waals surface area (Å²) in [6.45, 7) is 1.96. The van der Waals surface area contributed by atoms with Crippen LogP contribution in [0.15, 0.2) is 11.6 Å². The molecule has 0 saturated heterocycles. The van der Waals surface area contributed by atoms with Gasteiger partial charge in [0.25, 0.3) is 0 Å². The third-order valence-electron chi connectivity index (χ3n) is 1.65.